The Labute approximate surface area is 141 Å². The molecule has 0 spiro atoms. The van der Waals surface area contributed by atoms with E-state index >= 15 is 0 Å². The Morgan fingerprint density at radius 2 is 1.78 bits per heavy atom. The van der Waals surface area contributed by atoms with E-state index in [1.165, 1.54) is 18.2 Å². The molecule has 1 aromatic rings. The lowest BCUT2D eigenvalue weighted by molar-refractivity contribution is -0.160. The normalized spacial score (nSPS) is 11.3. The third-order valence-electron chi connectivity index (χ3n) is 2.78. The van der Waals surface area contributed by atoms with Gasteiger partial charge in [0, 0.05) is 11.4 Å². The van der Waals surface area contributed by atoms with Gasteiger partial charge in [-0.3, -0.25) is 14.4 Å². The Kier molecular flexibility index (Phi) is 6.99. The molecule has 0 heterocycles. The van der Waals surface area contributed by atoms with E-state index in [0.717, 1.165) is 14.2 Å². The van der Waals surface area contributed by atoms with E-state index in [9.17, 15) is 19.2 Å². The first-order valence-electron chi connectivity index (χ1n) is 6.25. The second-order valence-electron chi connectivity index (χ2n) is 4.31. The number of amides is 1. The molecule has 0 aromatic heterocycles. The van der Waals surface area contributed by atoms with Crippen molar-refractivity contribution >= 4 is 52.5 Å². The van der Waals surface area contributed by atoms with E-state index in [-0.39, 0.29) is 10.7 Å². The SMILES string of the molecule is COC(=O)C(=O)[C@@H](CC(=O)Nc1cc(Cl)ccc1Cl)C(=O)OC. The van der Waals surface area contributed by atoms with Crippen LogP contribution in [0, 0.1) is 5.92 Å². The number of ether oxygens (including phenoxy) is 2. The lowest BCUT2D eigenvalue weighted by atomic mass is 9.99. The summed E-state index contributed by atoms with van der Waals surface area (Å²) in [5.74, 6) is -5.76. The first-order valence-corrected chi connectivity index (χ1v) is 7.00. The van der Waals surface area contributed by atoms with Crippen molar-refractivity contribution in [2.45, 2.75) is 6.42 Å². The summed E-state index contributed by atoms with van der Waals surface area (Å²) in [7, 11) is 2.02. The molecular weight excluding hydrogens is 349 g/mol. The standard InChI is InChI=1S/C14H13Cl2NO6/c1-22-13(20)8(12(19)14(21)23-2)6-11(18)17-10-5-7(15)3-4-9(10)16/h3-5,8H,6H2,1-2H3,(H,17,18)/t8-/m1/s1. The van der Waals surface area contributed by atoms with Crippen LogP contribution in [0.4, 0.5) is 5.69 Å². The summed E-state index contributed by atoms with van der Waals surface area (Å²) in [6.45, 7) is 0. The lowest BCUT2D eigenvalue weighted by Crippen LogP contribution is -2.35. The number of anilines is 1. The lowest BCUT2D eigenvalue weighted by Gasteiger charge is -2.13. The molecule has 0 saturated heterocycles. The van der Waals surface area contributed by atoms with Crippen LogP contribution in [-0.4, -0.2) is 37.8 Å². The zero-order chi connectivity index (χ0) is 17.6. The van der Waals surface area contributed by atoms with Crippen LogP contribution in [0.25, 0.3) is 0 Å². The van der Waals surface area contributed by atoms with Gasteiger partial charge in [0.25, 0.3) is 5.78 Å². The highest BCUT2D eigenvalue weighted by atomic mass is 35.5. The van der Waals surface area contributed by atoms with Crippen LogP contribution in [0.3, 0.4) is 0 Å². The molecule has 124 valence electrons. The highest BCUT2D eigenvalue weighted by molar-refractivity contribution is 6.38. The van der Waals surface area contributed by atoms with Crippen LogP contribution in [-0.2, 0) is 28.7 Å². The Balaban J connectivity index is 2.89. The van der Waals surface area contributed by atoms with Gasteiger partial charge in [0.15, 0.2) is 0 Å². The molecule has 0 fully saturated rings. The van der Waals surface area contributed by atoms with Crippen molar-refractivity contribution < 1.29 is 28.7 Å². The summed E-state index contributed by atoms with van der Waals surface area (Å²) in [4.78, 5) is 46.6. The van der Waals surface area contributed by atoms with Crippen LogP contribution in [0.1, 0.15) is 6.42 Å². The van der Waals surface area contributed by atoms with Crippen molar-refractivity contribution in [3.8, 4) is 0 Å². The highest BCUT2D eigenvalue weighted by Crippen LogP contribution is 2.25. The van der Waals surface area contributed by atoms with E-state index in [1.807, 2.05) is 0 Å². The van der Waals surface area contributed by atoms with Crippen LogP contribution in [0.2, 0.25) is 10.0 Å². The predicted molar refractivity (Wildman–Crippen MR) is 82.2 cm³/mol. The van der Waals surface area contributed by atoms with Gasteiger partial charge >= 0.3 is 11.9 Å². The molecule has 0 unspecified atom stereocenters. The molecule has 1 N–H and O–H groups in total. The molecule has 0 bridgehead atoms. The molecule has 0 radical (unpaired) electrons. The topological polar surface area (TPSA) is 98.8 Å². The summed E-state index contributed by atoms with van der Waals surface area (Å²) < 4.78 is 8.68. The van der Waals surface area contributed by atoms with E-state index < -0.39 is 36.0 Å². The molecule has 23 heavy (non-hydrogen) atoms. The van der Waals surface area contributed by atoms with Gasteiger partial charge in [-0.2, -0.15) is 0 Å². The number of Topliss-reactive ketones (excluding diaryl/α,β-unsaturated/α-hetero) is 1. The minimum atomic E-state index is -1.61. The fourth-order valence-electron chi connectivity index (χ4n) is 1.65. The molecule has 0 aliphatic heterocycles. The van der Waals surface area contributed by atoms with Gasteiger partial charge < -0.3 is 14.8 Å². The fraction of sp³-hybridized carbons (Fsp3) is 0.286. The maximum atomic E-state index is 12.0. The predicted octanol–water partition coefficient (Wildman–Crippen LogP) is 1.85. The van der Waals surface area contributed by atoms with Gasteiger partial charge in [0.1, 0.15) is 5.92 Å². The second-order valence-corrected chi connectivity index (χ2v) is 5.15. The molecule has 1 amide bonds. The van der Waals surface area contributed by atoms with Crippen LogP contribution in [0.5, 0.6) is 0 Å². The minimum absolute atomic E-state index is 0.207. The van der Waals surface area contributed by atoms with Crippen LogP contribution >= 0.6 is 23.2 Å². The largest absolute Gasteiger partial charge is 0.468 e. The molecule has 0 saturated carbocycles. The van der Waals surface area contributed by atoms with E-state index in [4.69, 9.17) is 23.2 Å². The highest BCUT2D eigenvalue weighted by Gasteiger charge is 2.35. The van der Waals surface area contributed by atoms with E-state index in [1.54, 1.807) is 0 Å². The summed E-state index contributed by atoms with van der Waals surface area (Å²) in [6.07, 6.45) is -0.608. The molecule has 1 rings (SSSR count). The van der Waals surface area contributed by atoms with Crippen molar-refractivity contribution in [1.29, 1.82) is 0 Å². The molecule has 0 aliphatic carbocycles. The second kappa shape index (κ2) is 8.50. The number of benzene rings is 1. The maximum absolute atomic E-state index is 12.0. The van der Waals surface area contributed by atoms with Gasteiger partial charge in [-0.1, -0.05) is 23.2 Å². The molecular formula is C14H13Cl2NO6. The van der Waals surface area contributed by atoms with Gasteiger partial charge in [-0.05, 0) is 18.2 Å². The van der Waals surface area contributed by atoms with Crippen molar-refractivity contribution in [1.82, 2.24) is 0 Å². The Morgan fingerprint density at radius 1 is 1.13 bits per heavy atom. The minimum Gasteiger partial charge on any atom is -0.468 e. The number of hydrogen-bond donors (Lipinski definition) is 1. The Morgan fingerprint density at radius 3 is 2.35 bits per heavy atom. The summed E-state index contributed by atoms with van der Waals surface area (Å²) in [6, 6.07) is 4.39. The molecule has 9 heteroatoms. The summed E-state index contributed by atoms with van der Waals surface area (Å²) in [5.41, 5.74) is 0.207. The van der Waals surface area contributed by atoms with Crippen LogP contribution in [0.15, 0.2) is 18.2 Å². The number of ketones is 1. The van der Waals surface area contributed by atoms with Crippen LogP contribution < -0.4 is 5.32 Å². The average Bonchev–Trinajstić information content (AvgIpc) is 2.53. The summed E-state index contributed by atoms with van der Waals surface area (Å²) >= 11 is 11.7. The van der Waals surface area contributed by atoms with Crippen molar-refractivity contribution in [3.05, 3.63) is 28.2 Å². The zero-order valence-corrected chi connectivity index (χ0v) is 13.7. The summed E-state index contributed by atoms with van der Waals surface area (Å²) in [5, 5.41) is 2.96. The molecule has 7 nitrogen and oxygen atoms in total. The smallest absolute Gasteiger partial charge is 0.375 e. The first kappa shape index (κ1) is 18.9. The molecule has 0 aliphatic rings. The number of nitrogens with one attached hydrogen (secondary N) is 1. The van der Waals surface area contributed by atoms with Gasteiger partial charge in [0.2, 0.25) is 5.91 Å². The monoisotopic (exact) mass is 361 g/mol. The van der Waals surface area contributed by atoms with Gasteiger partial charge in [-0.25, -0.2) is 4.79 Å². The third-order valence-corrected chi connectivity index (χ3v) is 3.35. The molecule has 1 aromatic carbocycles. The van der Waals surface area contributed by atoms with E-state index in [0.29, 0.717) is 5.02 Å². The number of methoxy groups -OCH3 is 2. The maximum Gasteiger partial charge on any atom is 0.375 e. The number of rotatable bonds is 6. The number of carbonyl (C=O) groups excluding carboxylic acids is 4. The number of hydrogen-bond acceptors (Lipinski definition) is 6. The third kappa shape index (κ3) is 5.22. The number of esters is 2. The van der Waals surface area contributed by atoms with Crippen molar-refractivity contribution in [3.63, 3.8) is 0 Å². The van der Waals surface area contributed by atoms with Gasteiger partial charge in [-0.15, -0.1) is 0 Å². The number of carbonyl (C=O) groups is 4. The van der Waals surface area contributed by atoms with E-state index in [2.05, 4.69) is 14.8 Å². The Bertz CT molecular complexity index is 646. The zero-order valence-electron chi connectivity index (χ0n) is 12.2. The Hall–Kier alpha value is -2.12. The molecule has 1 atom stereocenters. The fourth-order valence-corrected chi connectivity index (χ4v) is 1.98. The van der Waals surface area contributed by atoms with Crippen molar-refractivity contribution in [2.75, 3.05) is 19.5 Å². The first-order chi connectivity index (χ1) is 10.8. The average molecular weight is 362 g/mol. The van der Waals surface area contributed by atoms with Gasteiger partial charge in [0.05, 0.1) is 24.9 Å². The number of halogens is 2. The van der Waals surface area contributed by atoms with Crippen molar-refractivity contribution in [2.24, 2.45) is 5.92 Å². The quantitative estimate of drug-likeness (QED) is 0.471.